The highest BCUT2D eigenvalue weighted by Gasteiger charge is 2.12. The number of halogens is 1. The van der Waals surface area contributed by atoms with Crippen LogP contribution in [0.15, 0.2) is 34.8 Å². The number of aryl methyl sites for hydroxylation is 2. The minimum atomic E-state index is 0.465. The minimum Gasteiger partial charge on any atom is -0.493 e. The van der Waals surface area contributed by atoms with E-state index in [-0.39, 0.29) is 0 Å². The maximum atomic E-state index is 5.97. The van der Waals surface area contributed by atoms with Gasteiger partial charge >= 0.3 is 0 Å². The van der Waals surface area contributed by atoms with E-state index in [1.54, 1.807) is 7.11 Å². The van der Waals surface area contributed by atoms with Crippen molar-refractivity contribution in [2.45, 2.75) is 27.0 Å². The lowest BCUT2D eigenvalue weighted by molar-refractivity contribution is 0.281. The van der Waals surface area contributed by atoms with Crippen molar-refractivity contribution in [2.24, 2.45) is 5.73 Å². The molecule has 0 fully saturated rings. The first-order valence-electron chi connectivity index (χ1n) is 6.80. The largest absolute Gasteiger partial charge is 0.493 e. The lowest BCUT2D eigenvalue weighted by atomic mass is 10.1. The van der Waals surface area contributed by atoms with Crippen LogP contribution in [0.2, 0.25) is 0 Å². The van der Waals surface area contributed by atoms with Crippen LogP contribution in [0.5, 0.6) is 11.5 Å². The Labute approximate surface area is 134 Å². The van der Waals surface area contributed by atoms with Gasteiger partial charge in [0.15, 0.2) is 11.5 Å². The first-order chi connectivity index (χ1) is 10.0. The van der Waals surface area contributed by atoms with Gasteiger partial charge in [-0.25, -0.2) is 0 Å². The molecule has 0 aromatic heterocycles. The number of hydrogen-bond donors (Lipinski definition) is 1. The Bertz CT molecular complexity index is 641. The number of rotatable bonds is 5. The van der Waals surface area contributed by atoms with E-state index < -0.39 is 0 Å². The Morgan fingerprint density at radius 1 is 1.14 bits per heavy atom. The third-order valence-corrected chi connectivity index (χ3v) is 3.99. The fourth-order valence-corrected chi connectivity index (χ4v) is 2.74. The van der Waals surface area contributed by atoms with Crippen molar-refractivity contribution in [1.29, 1.82) is 0 Å². The van der Waals surface area contributed by atoms with Gasteiger partial charge < -0.3 is 15.2 Å². The summed E-state index contributed by atoms with van der Waals surface area (Å²) in [7, 11) is 1.63. The highest BCUT2D eigenvalue weighted by Crippen LogP contribution is 2.37. The van der Waals surface area contributed by atoms with E-state index in [4.69, 9.17) is 15.2 Å². The van der Waals surface area contributed by atoms with Gasteiger partial charge in [-0.05, 0) is 58.6 Å². The molecule has 2 rings (SSSR count). The monoisotopic (exact) mass is 349 g/mol. The van der Waals surface area contributed by atoms with Crippen LogP contribution in [0, 0.1) is 13.8 Å². The van der Waals surface area contributed by atoms with Gasteiger partial charge in [-0.2, -0.15) is 0 Å². The Hall–Kier alpha value is -1.52. The third kappa shape index (κ3) is 3.77. The van der Waals surface area contributed by atoms with Crippen molar-refractivity contribution in [3.8, 4) is 11.5 Å². The van der Waals surface area contributed by atoms with E-state index >= 15 is 0 Å². The fraction of sp³-hybridized carbons (Fsp3) is 0.294. The van der Waals surface area contributed by atoms with Crippen molar-refractivity contribution in [1.82, 2.24) is 0 Å². The normalized spacial score (nSPS) is 10.5. The van der Waals surface area contributed by atoms with Crippen LogP contribution in [0.1, 0.15) is 22.3 Å². The molecule has 3 nitrogen and oxygen atoms in total. The number of methoxy groups -OCH3 is 1. The molecular weight excluding hydrogens is 330 g/mol. The van der Waals surface area contributed by atoms with E-state index in [1.807, 2.05) is 12.1 Å². The predicted octanol–water partition coefficient (Wildman–Crippen LogP) is 4.11. The summed E-state index contributed by atoms with van der Waals surface area (Å²) < 4.78 is 12.2. The van der Waals surface area contributed by atoms with Gasteiger partial charge in [0, 0.05) is 6.54 Å². The first kappa shape index (κ1) is 15.9. The van der Waals surface area contributed by atoms with Gasteiger partial charge in [0.05, 0.1) is 11.6 Å². The Morgan fingerprint density at radius 2 is 1.90 bits per heavy atom. The zero-order chi connectivity index (χ0) is 15.4. The summed E-state index contributed by atoms with van der Waals surface area (Å²) in [6.07, 6.45) is 0. The van der Waals surface area contributed by atoms with Crippen LogP contribution in [0.25, 0.3) is 0 Å². The second-order valence-corrected chi connectivity index (χ2v) is 5.89. The van der Waals surface area contributed by atoms with E-state index in [0.717, 1.165) is 10.0 Å². The number of hydrogen-bond acceptors (Lipinski definition) is 3. The van der Waals surface area contributed by atoms with Crippen LogP contribution in [0.3, 0.4) is 0 Å². The SMILES string of the molecule is COc1cc(CN)cc(Br)c1OCc1cc(C)ccc1C. The van der Waals surface area contributed by atoms with Crippen LogP contribution in [-0.4, -0.2) is 7.11 Å². The van der Waals surface area contributed by atoms with Crippen molar-refractivity contribution in [2.75, 3.05) is 7.11 Å². The third-order valence-electron chi connectivity index (χ3n) is 3.40. The molecule has 112 valence electrons. The van der Waals surface area contributed by atoms with E-state index in [1.165, 1.54) is 16.7 Å². The molecule has 2 aromatic carbocycles. The molecule has 2 N–H and O–H groups in total. The summed E-state index contributed by atoms with van der Waals surface area (Å²) in [6.45, 7) is 5.13. The molecule has 0 atom stereocenters. The second kappa shape index (κ2) is 6.96. The molecule has 0 saturated carbocycles. The topological polar surface area (TPSA) is 44.5 Å². The molecule has 0 unspecified atom stereocenters. The molecule has 0 amide bonds. The molecular formula is C17H20BrNO2. The number of ether oxygens (including phenoxy) is 2. The van der Waals surface area contributed by atoms with Gasteiger partial charge in [0.1, 0.15) is 6.61 Å². The van der Waals surface area contributed by atoms with E-state index in [9.17, 15) is 0 Å². The molecule has 4 heteroatoms. The van der Waals surface area contributed by atoms with Gasteiger partial charge in [-0.3, -0.25) is 0 Å². The highest BCUT2D eigenvalue weighted by atomic mass is 79.9. The number of nitrogens with two attached hydrogens (primary N) is 1. The average Bonchev–Trinajstić information content (AvgIpc) is 2.48. The molecule has 0 saturated heterocycles. The van der Waals surface area contributed by atoms with Crippen molar-refractivity contribution >= 4 is 15.9 Å². The first-order valence-corrected chi connectivity index (χ1v) is 7.60. The summed E-state index contributed by atoms with van der Waals surface area (Å²) in [4.78, 5) is 0. The zero-order valence-electron chi connectivity index (χ0n) is 12.6. The zero-order valence-corrected chi connectivity index (χ0v) is 14.2. The summed E-state index contributed by atoms with van der Waals surface area (Å²) in [5.74, 6) is 1.39. The van der Waals surface area contributed by atoms with Gasteiger partial charge in [0.25, 0.3) is 0 Å². The van der Waals surface area contributed by atoms with Crippen LogP contribution in [-0.2, 0) is 13.2 Å². The fourth-order valence-electron chi connectivity index (χ4n) is 2.14. The van der Waals surface area contributed by atoms with E-state index in [0.29, 0.717) is 24.7 Å². The van der Waals surface area contributed by atoms with Crippen molar-refractivity contribution in [3.63, 3.8) is 0 Å². The van der Waals surface area contributed by atoms with Crippen LogP contribution >= 0.6 is 15.9 Å². The highest BCUT2D eigenvalue weighted by molar-refractivity contribution is 9.10. The van der Waals surface area contributed by atoms with Crippen LogP contribution in [0.4, 0.5) is 0 Å². The molecule has 0 bridgehead atoms. The molecule has 0 aliphatic carbocycles. The molecule has 0 radical (unpaired) electrons. The number of benzene rings is 2. The Balaban J connectivity index is 2.25. The molecule has 0 aliphatic heterocycles. The molecule has 0 heterocycles. The van der Waals surface area contributed by atoms with Gasteiger partial charge in [-0.15, -0.1) is 0 Å². The second-order valence-electron chi connectivity index (χ2n) is 5.03. The van der Waals surface area contributed by atoms with Gasteiger partial charge in [-0.1, -0.05) is 23.8 Å². The smallest absolute Gasteiger partial charge is 0.175 e. The lowest BCUT2D eigenvalue weighted by Gasteiger charge is -2.15. The summed E-state index contributed by atoms with van der Waals surface area (Å²) in [5, 5.41) is 0. The predicted molar refractivity (Wildman–Crippen MR) is 88.8 cm³/mol. The summed E-state index contributed by atoms with van der Waals surface area (Å²) >= 11 is 3.53. The molecule has 0 spiro atoms. The summed E-state index contributed by atoms with van der Waals surface area (Å²) in [6, 6.07) is 10.2. The average molecular weight is 350 g/mol. The quantitative estimate of drug-likeness (QED) is 0.883. The maximum Gasteiger partial charge on any atom is 0.175 e. The minimum absolute atomic E-state index is 0.465. The maximum absolute atomic E-state index is 5.97. The Morgan fingerprint density at radius 3 is 2.57 bits per heavy atom. The van der Waals surface area contributed by atoms with Gasteiger partial charge in [0.2, 0.25) is 0 Å². The van der Waals surface area contributed by atoms with E-state index in [2.05, 4.69) is 48.0 Å². The molecule has 2 aromatic rings. The summed E-state index contributed by atoms with van der Waals surface area (Å²) in [5.41, 5.74) is 10.3. The standard InChI is InChI=1S/C17H20BrNO2/c1-11-4-5-12(2)14(6-11)10-21-17-15(18)7-13(9-19)8-16(17)20-3/h4-8H,9-10,19H2,1-3H3. The van der Waals surface area contributed by atoms with Crippen molar-refractivity contribution < 1.29 is 9.47 Å². The molecule has 0 aliphatic rings. The van der Waals surface area contributed by atoms with Crippen LogP contribution < -0.4 is 15.2 Å². The lowest BCUT2D eigenvalue weighted by Crippen LogP contribution is -2.03. The Kier molecular flexibility index (Phi) is 5.26. The van der Waals surface area contributed by atoms with Crippen molar-refractivity contribution in [3.05, 3.63) is 57.1 Å². The molecule has 21 heavy (non-hydrogen) atoms.